The molecule has 0 bridgehead atoms. The Balaban J connectivity index is 2.36. The summed E-state index contributed by atoms with van der Waals surface area (Å²) in [5.41, 5.74) is 1.85. The number of rotatable bonds is 4. The Morgan fingerprint density at radius 2 is 2.09 bits per heavy atom. The van der Waals surface area contributed by atoms with Gasteiger partial charge in [0.15, 0.2) is 0 Å². The van der Waals surface area contributed by atoms with Crippen LogP contribution in [0.3, 0.4) is 0 Å². The largest absolute Gasteiger partial charge is 0.327 e. The molecule has 22 heavy (non-hydrogen) atoms. The van der Waals surface area contributed by atoms with Crippen LogP contribution in [0.1, 0.15) is 17.2 Å². The summed E-state index contributed by atoms with van der Waals surface area (Å²) in [6.45, 7) is 0.184. The van der Waals surface area contributed by atoms with Crippen molar-refractivity contribution in [3.8, 4) is 12.3 Å². The van der Waals surface area contributed by atoms with E-state index in [1.165, 1.54) is 0 Å². The van der Waals surface area contributed by atoms with Crippen LogP contribution in [0.25, 0.3) is 0 Å². The van der Waals surface area contributed by atoms with Crippen molar-refractivity contribution in [2.24, 2.45) is 0 Å². The number of aromatic nitrogens is 1. The summed E-state index contributed by atoms with van der Waals surface area (Å²) in [7, 11) is 1.72. The Labute approximate surface area is 135 Å². The minimum atomic E-state index is -0.274. The zero-order chi connectivity index (χ0) is 15.9. The number of carbonyl (C=O) groups excluding carboxylic acids is 1. The first kappa shape index (κ1) is 15.9. The van der Waals surface area contributed by atoms with Gasteiger partial charge in [-0.25, -0.2) is 4.79 Å². The summed E-state index contributed by atoms with van der Waals surface area (Å²) in [6, 6.07) is 10.6. The topological polar surface area (TPSA) is 45.2 Å². The van der Waals surface area contributed by atoms with Gasteiger partial charge >= 0.3 is 6.03 Å². The predicted octanol–water partition coefficient (Wildman–Crippen LogP) is 3.10. The number of hydrogen-bond donors (Lipinski definition) is 1. The van der Waals surface area contributed by atoms with Crippen molar-refractivity contribution in [2.75, 3.05) is 13.6 Å². The number of benzene rings is 1. The third-order valence-electron chi connectivity index (χ3n) is 3.24. The average Bonchev–Trinajstić information content (AvgIpc) is 2.55. The lowest BCUT2D eigenvalue weighted by Gasteiger charge is -2.28. The van der Waals surface area contributed by atoms with Gasteiger partial charge in [-0.2, -0.15) is 0 Å². The quantitative estimate of drug-likeness (QED) is 0.882. The van der Waals surface area contributed by atoms with Gasteiger partial charge in [0.2, 0.25) is 0 Å². The molecule has 1 atom stereocenters. The molecule has 0 unspecified atom stereocenters. The first-order chi connectivity index (χ1) is 10.6. The van der Waals surface area contributed by atoms with Crippen LogP contribution in [-0.4, -0.2) is 29.5 Å². The van der Waals surface area contributed by atoms with E-state index in [4.69, 9.17) is 18.0 Å². The Kier molecular flexibility index (Phi) is 5.40. The molecule has 1 aromatic carbocycles. The Bertz CT molecular complexity index is 665. The van der Waals surface area contributed by atoms with Crippen LogP contribution in [0, 0.1) is 12.3 Å². The monoisotopic (exact) mass is 313 g/mol. The van der Waals surface area contributed by atoms with Crippen molar-refractivity contribution in [2.45, 2.75) is 6.04 Å². The summed E-state index contributed by atoms with van der Waals surface area (Å²) in [5, 5.41) is 3.31. The predicted molar refractivity (Wildman–Crippen MR) is 87.5 cm³/mol. The third kappa shape index (κ3) is 3.78. The van der Waals surface area contributed by atoms with Gasteiger partial charge in [0.05, 0.1) is 12.6 Å². The summed E-state index contributed by atoms with van der Waals surface area (Å²) in [6.07, 6.45) is 8.62. The van der Waals surface area contributed by atoms with Gasteiger partial charge in [0.25, 0.3) is 0 Å². The molecule has 112 valence electrons. The second kappa shape index (κ2) is 7.48. The molecule has 0 spiro atoms. The molecule has 0 radical (unpaired) electrons. The highest BCUT2D eigenvalue weighted by atomic mass is 35.5. The van der Waals surface area contributed by atoms with E-state index in [9.17, 15) is 4.79 Å². The summed E-state index contributed by atoms with van der Waals surface area (Å²) in [4.78, 5) is 18.0. The second-order valence-electron chi connectivity index (χ2n) is 4.71. The molecule has 0 aliphatic rings. The molecule has 0 saturated carbocycles. The highest BCUT2D eigenvalue weighted by molar-refractivity contribution is 6.30. The molecule has 2 amide bonds. The molecular formula is C17H16ClN3O. The number of terminal acetylenes is 1. The highest BCUT2D eigenvalue weighted by Crippen LogP contribution is 2.28. The van der Waals surface area contributed by atoms with E-state index in [1.54, 1.807) is 36.5 Å². The smallest absolute Gasteiger partial charge is 0.318 e. The van der Waals surface area contributed by atoms with Crippen LogP contribution >= 0.6 is 11.6 Å². The maximum absolute atomic E-state index is 12.2. The van der Waals surface area contributed by atoms with E-state index in [0.29, 0.717) is 5.02 Å². The lowest BCUT2D eigenvalue weighted by Crippen LogP contribution is -2.40. The molecule has 5 heteroatoms. The molecule has 0 aliphatic carbocycles. The van der Waals surface area contributed by atoms with Gasteiger partial charge in [-0.05, 0) is 29.3 Å². The number of hydrogen-bond acceptors (Lipinski definition) is 2. The lowest BCUT2D eigenvalue weighted by atomic mass is 9.99. The van der Waals surface area contributed by atoms with Gasteiger partial charge in [-0.1, -0.05) is 35.7 Å². The minimum absolute atomic E-state index is 0.184. The van der Waals surface area contributed by atoms with E-state index in [1.807, 2.05) is 24.3 Å². The number of amides is 2. The molecule has 2 aromatic rings. The number of nitrogens with zero attached hydrogens (tertiary/aromatic N) is 2. The zero-order valence-electron chi connectivity index (χ0n) is 12.2. The van der Waals surface area contributed by atoms with E-state index in [-0.39, 0.29) is 18.6 Å². The Morgan fingerprint density at radius 3 is 2.68 bits per heavy atom. The molecule has 0 fully saturated rings. The Morgan fingerprint density at radius 1 is 1.36 bits per heavy atom. The zero-order valence-corrected chi connectivity index (χ0v) is 12.9. The van der Waals surface area contributed by atoms with Crippen LogP contribution in [0.2, 0.25) is 5.02 Å². The minimum Gasteiger partial charge on any atom is -0.327 e. The molecule has 2 rings (SSSR count). The number of carbonyl (C=O) groups is 1. The standard InChI is InChI=1S/C17H16ClN3O/c1-3-10-20-17(22)21(2)16(14-5-4-11-19-12-14)13-6-8-15(18)9-7-13/h1,4-9,11-12,16H,10H2,2H3,(H,20,22)/t16-/m0/s1. The van der Waals surface area contributed by atoms with Crippen LogP contribution in [0.5, 0.6) is 0 Å². The van der Waals surface area contributed by atoms with Gasteiger partial charge in [-0.15, -0.1) is 6.42 Å². The fourth-order valence-corrected chi connectivity index (χ4v) is 2.32. The SMILES string of the molecule is C#CCNC(=O)N(C)[C@@H](c1ccc(Cl)cc1)c1cccnc1. The lowest BCUT2D eigenvalue weighted by molar-refractivity contribution is 0.199. The van der Waals surface area contributed by atoms with E-state index >= 15 is 0 Å². The first-order valence-electron chi connectivity index (χ1n) is 6.73. The Hall–Kier alpha value is -2.51. The fraction of sp³-hybridized carbons (Fsp3) is 0.176. The van der Waals surface area contributed by atoms with Crippen molar-refractivity contribution in [3.63, 3.8) is 0 Å². The van der Waals surface area contributed by atoms with Crippen molar-refractivity contribution < 1.29 is 4.79 Å². The summed E-state index contributed by atoms with van der Waals surface area (Å²) >= 11 is 5.95. The third-order valence-corrected chi connectivity index (χ3v) is 3.49. The highest BCUT2D eigenvalue weighted by Gasteiger charge is 2.23. The number of urea groups is 1. The van der Waals surface area contributed by atoms with Gasteiger partial charge in [-0.3, -0.25) is 4.98 Å². The van der Waals surface area contributed by atoms with Gasteiger partial charge < -0.3 is 10.2 Å². The van der Waals surface area contributed by atoms with Crippen LogP contribution in [-0.2, 0) is 0 Å². The number of pyridine rings is 1. The molecule has 1 heterocycles. The van der Waals surface area contributed by atoms with Gasteiger partial charge in [0.1, 0.15) is 0 Å². The van der Waals surface area contributed by atoms with Crippen molar-refractivity contribution in [3.05, 3.63) is 64.9 Å². The molecule has 0 aliphatic heterocycles. The molecule has 0 saturated heterocycles. The van der Waals surface area contributed by atoms with E-state index < -0.39 is 0 Å². The fourth-order valence-electron chi connectivity index (χ4n) is 2.19. The summed E-state index contributed by atoms with van der Waals surface area (Å²) < 4.78 is 0. The molecule has 1 N–H and O–H groups in total. The molecule has 1 aromatic heterocycles. The molecule has 4 nitrogen and oxygen atoms in total. The van der Waals surface area contributed by atoms with Gasteiger partial charge in [0, 0.05) is 24.5 Å². The van der Waals surface area contributed by atoms with E-state index in [0.717, 1.165) is 11.1 Å². The van der Waals surface area contributed by atoms with E-state index in [2.05, 4.69) is 16.2 Å². The van der Waals surface area contributed by atoms with Crippen LogP contribution in [0.4, 0.5) is 4.79 Å². The molecular weight excluding hydrogens is 298 g/mol. The average molecular weight is 314 g/mol. The van der Waals surface area contributed by atoms with Crippen LogP contribution in [0.15, 0.2) is 48.8 Å². The maximum Gasteiger partial charge on any atom is 0.318 e. The van der Waals surface area contributed by atoms with Crippen LogP contribution < -0.4 is 5.32 Å². The van der Waals surface area contributed by atoms with Crippen molar-refractivity contribution >= 4 is 17.6 Å². The van der Waals surface area contributed by atoms with Crippen molar-refractivity contribution in [1.29, 1.82) is 0 Å². The van der Waals surface area contributed by atoms with Crippen molar-refractivity contribution in [1.82, 2.24) is 15.2 Å². The second-order valence-corrected chi connectivity index (χ2v) is 5.15. The first-order valence-corrected chi connectivity index (χ1v) is 7.11. The number of halogens is 1. The normalized spacial score (nSPS) is 11.3. The number of nitrogens with one attached hydrogen (secondary N) is 1. The maximum atomic E-state index is 12.2. The summed E-state index contributed by atoms with van der Waals surface area (Å²) in [5.74, 6) is 2.39.